The lowest BCUT2D eigenvalue weighted by atomic mass is 9.88. The normalized spacial score (nSPS) is 25.1. The Morgan fingerprint density at radius 2 is 0.947 bits per heavy atom. The zero-order chi connectivity index (χ0) is 31.0. The fraction of sp³-hybridized carbons (Fsp3) is 1.00. The average molecular weight is 651 g/mol. The van der Waals surface area contributed by atoms with Gasteiger partial charge in [0.25, 0.3) is 0 Å². The minimum atomic E-state index is -8.60. The predicted molar refractivity (Wildman–Crippen MR) is 108 cm³/mol. The number of alkyl halides is 17. The van der Waals surface area contributed by atoms with Gasteiger partial charge in [0, 0.05) is 28.2 Å². The smallest absolute Gasteiger partial charge is 0.416 e. The predicted octanol–water partition coefficient (Wildman–Crippen LogP) is 7.64. The second-order valence-corrected chi connectivity index (χ2v) is 34.1. The van der Waals surface area contributed by atoms with Gasteiger partial charge in [-0.15, -0.1) is 0 Å². The molecule has 0 N–H and O–H groups in total. The van der Waals surface area contributed by atoms with Gasteiger partial charge in [-0.1, -0.05) is 13.1 Å². The molecular formula is C17H23F17OSi3. The Labute approximate surface area is 209 Å². The van der Waals surface area contributed by atoms with E-state index in [0.717, 1.165) is 0 Å². The van der Waals surface area contributed by atoms with E-state index in [1.807, 2.05) is 13.1 Å². The van der Waals surface area contributed by atoms with E-state index in [9.17, 15) is 74.6 Å². The summed E-state index contributed by atoms with van der Waals surface area (Å²) in [6.07, 6.45) is -10.1. The van der Waals surface area contributed by atoms with Crippen molar-refractivity contribution in [1.82, 2.24) is 0 Å². The molecule has 1 fully saturated rings. The molecule has 38 heavy (non-hydrogen) atoms. The fourth-order valence-electron chi connectivity index (χ4n) is 4.88. The van der Waals surface area contributed by atoms with Crippen LogP contribution in [0.2, 0.25) is 31.7 Å². The van der Waals surface area contributed by atoms with Crippen LogP contribution in [0.5, 0.6) is 0 Å². The highest BCUT2D eigenvalue weighted by atomic mass is 29.6. The summed E-state index contributed by atoms with van der Waals surface area (Å²) >= 11 is 0. The topological polar surface area (TPSA) is 9.23 Å². The standard InChI is InChI=1S/C17H23F17OSi3/c1-9(2)8-37(3,4)36-38(5,35-9)7-6-10(18,19)11(20,21)12(22,23)13(24,25)14(26,27)15(28,29)16(30,31)17(32,33)34/h6-8,36H2,1-5H3. The maximum absolute atomic E-state index is 14.3. The Morgan fingerprint density at radius 1 is 0.605 bits per heavy atom. The lowest BCUT2D eigenvalue weighted by Crippen LogP contribution is -2.74. The van der Waals surface area contributed by atoms with Crippen LogP contribution in [0.25, 0.3) is 0 Å². The lowest BCUT2D eigenvalue weighted by molar-refractivity contribution is -0.461. The molecular weight excluding hydrogens is 627 g/mol. The second kappa shape index (κ2) is 9.21. The number of halogens is 17. The number of hydrogen-bond donors (Lipinski definition) is 0. The second-order valence-electron chi connectivity index (χ2n) is 11.0. The summed E-state index contributed by atoms with van der Waals surface area (Å²) in [4.78, 5) is 0. The van der Waals surface area contributed by atoms with Crippen LogP contribution in [-0.4, -0.2) is 77.2 Å². The maximum Gasteiger partial charge on any atom is 0.460 e. The third kappa shape index (κ3) is 5.49. The van der Waals surface area contributed by atoms with Crippen LogP contribution in [0.4, 0.5) is 74.6 Å². The number of hydrogen-bond acceptors (Lipinski definition) is 1. The van der Waals surface area contributed by atoms with Crippen molar-refractivity contribution in [1.29, 1.82) is 0 Å². The average Bonchev–Trinajstić information content (AvgIpc) is 2.61. The molecule has 21 heteroatoms. The summed E-state index contributed by atoms with van der Waals surface area (Å²) in [5.74, 6) is -55.9. The Hall–Kier alpha value is -0.579. The zero-order valence-corrected chi connectivity index (χ0v) is 23.6. The first-order valence-electron chi connectivity index (χ1n) is 10.5. The van der Waals surface area contributed by atoms with Crippen LogP contribution in [0.3, 0.4) is 0 Å². The first-order valence-corrected chi connectivity index (χ1v) is 21.0. The van der Waals surface area contributed by atoms with Gasteiger partial charge >= 0.3 is 47.6 Å². The van der Waals surface area contributed by atoms with Gasteiger partial charge in [0.15, 0.2) is 7.83 Å². The van der Waals surface area contributed by atoms with Crippen molar-refractivity contribution in [3.05, 3.63) is 0 Å². The molecule has 0 aromatic carbocycles. The Morgan fingerprint density at radius 3 is 1.29 bits per heavy atom. The van der Waals surface area contributed by atoms with E-state index in [1.165, 1.54) is 20.4 Å². The molecule has 0 aromatic rings. The molecule has 1 unspecified atom stereocenters. The molecule has 1 aliphatic heterocycles. The van der Waals surface area contributed by atoms with E-state index in [1.54, 1.807) is 0 Å². The molecule has 0 saturated carbocycles. The van der Waals surface area contributed by atoms with Gasteiger partial charge in [0.1, 0.15) is 0 Å². The molecule has 1 heterocycles. The molecule has 0 spiro atoms. The van der Waals surface area contributed by atoms with Gasteiger partial charge in [-0.3, -0.25) is 0 Å². The van der Waals surface area contributed by atoms with E-state index in [2.05, 4.69) is 0 Å². The van der Waals surface area contributed by atoms with Gasteiger partial charge in [-0.2, -0.15) is 74.6 Å². The van der Waals surface area contributed by atoms with Crippen LogP contribution in [0, 0.1) is 0 Å². The lowest BCUT2D eigenvalue weighted by Gasteiger charge is -2.49. The Bertz CT molecular complexity index is 865. The highest BCUT2D eigenvalue weighted by Crippen LogP contribution is 2.64. The van der Waals surface area contributed by atoms with Crippen molar-refractivity contribution in [3.8, 4) is 0 Å². The summed E-state index contributed by atoms with van der Waals surface area (Å²) in [5, 5.41) is 0. The quantitative estimate of drug-likeness (QED) is 0.184. The van der Waals surface area contributed by atoms with Crippen LogP contribution < -0.4 is 0 Å². The Balaban J connectivity index is 3.46. The van der Waals surface area contributed by atoms with Gasteiger partial charge in [0.2, 0.25) is 0 Å². The van der Waals surface area contributed by atoms with Gasteiger partial charge in [0.05, 0.1) is 0 Å². The fourth-order valence-corrected chi connectivity index (χ4v) is 44.4. The third-order valence-corrected chi connectivity index (χ3v) is 34.6. The van der Waals surface area contributed by atoms with Crippen molar-refractivity contribution in [2.75, 3.05) is 0 Å². The Kier molecular flexibility index (Phi) is 8.60. The van der Waals surface area contributed by atoms with Crippen LogP contribution in [0.15, 0.2) is 0 Å². The van der Waals surface area contributed by atoms with Crippen LogP contribution >= 0.6 is 0 Å². The van der Waals surface area contributed by atoms with E-state index in [0.29, 0.717) is 6.04 Å². The SMILES string of the molecule is CC1(C)C[Si](C)(C)[SiH2][Si](C)(CCC(F)(F)C(F)(F)C(F)(F)C(F)(F)C(F)(F)C(F)(F)C(F)(F)C(F)(F)F)O1. The molecule has 1 nitrogen and oxygen atoms in total. The maximum atomic E-state index is 14.3. The minimum absolute atomic E-state index is 0.511. The monoisotopic (exact) mass is 650 g/mol. The molecule has 0 amide bonds. The molecule has 0 aliphatic carbocycles. The molecule has 1 rings (SSSR count). The van der Waals surface area contributed by atoms with E-state index >= 15 is 0 Å². The molecule has 1 atom stereocenters. The summed E-state index contributed by atoms with van der Waals surface area (Å²) < 4.78 is 234. The molecule has 0 bridgehead atoms. The molecule has 0 radical (unpaired) electrons. The molecule has 228 valence electrons. The highest BCUT2D eigenvalue weighted by Gasteiger charge is 2.95. The van der Waals surface area contributed by atoms with Crippen molar-refractivity contribution >= 4 is 24.0 Å². The van der Waals surface area contributed by atoms with E-state index in [-0.39, 0.29) is 0 Å². The van der Waals surface area contributed by atoms with Crippen molar-refractivity contribution < 1.29 is 79.1 Å². The van der Waals surface area contributed by atoms with Gasteiger partial charge < -0.3 is 4.43 Å². The summed E-state index contributed by atoms with van der Waals surface area (Å²) in [5.41, 5.74) is -0.950. The highest BCUT2D eigenvalue weighted by molar-refractivity contribution is 7.51. The largest absolute Gasteiger partial charge is 0.460 e. The zero-order valence-electron chi connectivity index (χ0n) is 20.2. The molecule has 1 aliphatic rings. The first-order chi connectivity index (χ1) is 16.1. The third-order valence-electron chi connectivity index (χ3n) is 6.03. The first kappa shape index (κ1) is 35.4. The van der Waals surface area contributed by atoms with Crippen molar-refractivity contribution in [2.45, 2.75) is 105 Å². The van der Waals surface area contributed by atoms with E-state index < -0.39 is 89.7 Å². The van der Waals surface area contributed by atoms with Crippen molar-refractivity contribution in [3.63, 3.8) is 0 Å². The number of rotatable bonds is 9. The minimum Gasteiger partial charge on any atom is -0.416 e. The van der Waals surface area contributed by atoms with E-state index in [4.69, 9.17) is 4.43 Å². The molecule has 0 aromatic heterocycles. The van der Waals surface area contributed by atoms with Gasteiger partial charge in [-0.25, -0.2) is 0 Å². The molecule has 1 saturated heterocycles. The van der Waals surface area contributed by atoms with Crippen LogP contribution in [-0.2, 0) is 4.43 Å². The summed E-state index contributed by atoms with van der Waals surface area (Å²) in [6.45, 7) is 7.98. The summed E-state index contributed by atoms with van der Waals surface area (Å²) in [7, 11) is -6.90. The van der Waals surface area contributed by atoms with Gasteiger partial charge in [-0.05, 0) is 32.5 Å². The van der Waals surface area contributed by atoms with Crippen LogP contribution in [0.1, 0.15) is 20.3 Å². The van der Waals surface area contributed by atoms with Crippen molar-refractivity contribution in [2.24, 2.45) is 0 Å². The summed E-state index contributed by atoms with van der Waals surface area (Å²) in [6, 6.07) is -0.556.